The van der Waals surface area contributed by atoms with Crippen molar-refractivity contribution >= 4 is 33.2 Å². The Morgan fingerprint density at radius 2 is 2.11 bits per heavy atom. The van der Waals surface area contributed by atoms with Crippen LogP contribution in [0.1, 0.15) is 11.4 Å². The van der Waals surface area contributed by atoms with E-state index in [0.717, 1.165) is 20.8 Å². The standard InChI is InChI=1S/C13H10ClN3OS/c1-6-10-12(18)16-7(2)17-13(10)19-11(6)8-3-4-9(14)15-5-8/h3-5H,1-2H3,(H,16,17,18). The lowest BCUT2D eigenvalue weighted by atomic mass is 10.1. The number of aromatic amines is 1. The zero-order chi connectivity index (χ0) is 13.6. The molecule has 0 bridgehead atoms. The van der Waals surface area contributed by atoms with E-state index in [4.69, 9.17) is 11.6 Å². The van der Waals surface area contributed by atoms with Gasteiger partial charge in [0.15, 0.2) is 0 Å². The molecular weight excluding hydrogens is 282 g/mol. The Kier molecular flexibility index (Phi) is 2.88. The maximum absolute atomic E-state index is 12.0. The van der Waals surface area contributed by atoms with Gasteiger partial charge in [0, 0.05) is 16.6 Å². The Bertz CT molecular complexity index is 820. The maximum atomic E-state index is 12.0. The first-order valence-electron chi connectivity index (χ1n) is 5.68. The molecule has 0 aliphatic rings. The van der Waals surface area contributed by atoms with Gasteiger partial charge in [0.1, 0.15) is 15.8 Å². The minimum Gasteiger partial charge on any atom is -0.310 e. The summed E-state index contributed by atoms with van der Waals surface area (Å²) in [5, 5.41) is 1.11. The second-order valence-electron chi connectivity index (χ2n) is 4.26. The molecule has 0 saturated carbocycles. The number of rotatable bonds is 1. The van der Waals surface area contributed by atoms with Crippen molar-refractivity contribution in [3.05, 3.63) is 45.2 Å². The highest BCUT2D eigenvalue weighted by Gasteiger charge is 2.14. The minimum absolute atomic E-state index is 0.0931. The van der Waals surface area contributed by atoms with Crippen LogP contribution in [0, 0.1) is 13.8 Å². The normalized spacial score (nSPS) is 11.1. The largest absolute Gasteiger partial charge is 0.310 e. The third-order valence-corrected chi connectivity index (χ3v) is 4.37. The van der Waals surface area contributed by atoms with Crippen LogP contribution in [0.3, 0.4) is 0 Å². The number of nitrogens with one attached hydrogen (secondary N) is 1. The fourth-order valence-corrected chi connectivity index (χ4v) is 3.37. The molecule has 19 heavy (non-hydrogen) atoms. The van der Waals surface area contributed by atoms with Gasteiger partial charge >= 0.3 is 0 Å². The number of nitrogens with zero attached hydrogens (tertiary/aromatic N) is 2. The zero-order valence-corrected chi connectivity index (χ0v) is 11.9. The third-order valence-electron chi connectivity index (χ3n) is 2.91. The molecule has 3 heterocycles. The van der Waals surface area contributed by atoms with Crippen molar-refractivity contribution in [3.63, 3.8) is 0 Å². The summed E-state index contributed by atoms with van der Waals surface area (Å²) in [6.07, 6.45) is 1.71. The molecule has 0 aliphatic carbocycles. The van der Waals surface area contributed by atoms with Gasteiger partial charge < -0.3 is 4.98 Å². The number of aromatic nitrogens is 3. The average Bonchev–Trinajstić information content (AvgIpc) is 2.67. The Balaban J connectivity index is 2.31. The summed E-state index contributed by atoms with van der Waals surface area (Å²) in [6, 6.07) is 3.64. The van der Waals surface area contributed by atoms with Gasteiger partial charge in [-0.2, -0.15) is 0 Å². The molecule has 4 nitrogen and oxygen atoms in total. The van der Waals surface area contributed by atoms with E-state index in [9.17, 15) is 4.79 Å². The number of hydrogen-bond acceptors (Lipinski definition) is 4. The summed E-state index contributed by atoms with van der Waals surface area (Å²) < 4.78 is 0. The molecule has 0 radical (unpaired) electrons. The minimum atomic E-state index is -0.0931. The highest BCUT2D eigenvalue weighted by molar-refractivity contribution is 7.22. The summed E-state index contributed by atoms with van der Waals surface area (Å²) in [7, 11) is 0. The number of thiophene rings is 1. The number of fused-ring (bicyclic) bond motifs is 1. The predicted molar refractivity (Wildman–Crippen MR) is 78.0 cm³/mol. The number of aryl methyl sites for hydroxylation is 2. The van der Waals surface area contributed by atoms with E-state index < -0.39 is 0 Å². The molecule has 0 saturated heterocycles. The van der Waals surface area contributed by atoms with E-state index in [2.05, 4.69) is 15.0 Å². The molecule has 6 heteroatoms. The summed E-state index contributed by atoms with van der Waals surface area (Å²) >= 11 is 7.29. The van der Waals surface area contributed by atoms with E-state index in [1.54, 1.807) is 19.2 Å². The van der Waals surface area contributed by atoms with Crippen LogP contribution in [-0.4, -0.2) is 15.0 Å². The smallest absolute Gasteiger partial charge is 0.259 e. The van der Waals surface area contributed by atoms with E-state index in [1.165, 1.54) is 11.3 Å². The van der Waals surface area contributed by atoms with Gasteiger partial charge in [-0.1, -0.05) is 11.6 Å². The summed E-state index contributed by atoms with van der Waals surface area (Å²) in [5.41, 5.74) is 1.78. The zero-order valence-electron chi connectivity index (χ0n) is 10.3. The maximum Gasteiger partial charge on any atom is 0.259 e. The molecule has 0 unspecified atom stereocenters. The van der Waals surface area contributed by atoms with Gasteiger partial charge in [0.25, 0.3) is 5.56 Å². The summed E-state index contributed by atoms with van der Waals surface area (Å²) in [4.78, 5) is 24.9. The van der Waals surface area contributed by atoms with Crippen molar-refractivity contribution in [1.82, 2.24) is 15.0 Å². The molecule has 3 rings (SSSR count). The van der Waals surface area contributed by atoms with Crippen LogP contribution in [0.15, 0.2) is 23.1 Å². The SMILES string of the molecule is Cc1nc2sc(-c3ccc(Cl)nc3)c(C)c2c(=O)[nH]1. The number of pyridine rings is 1. The van der Waals surface area contributed by atoms with Gasteiger partial charge in [-0.05, 0) is 31.5 Å². The van der Waals surface area contributed by atoms with Gasteiger partial charge in [0.05, 0.1) is 5.39 Å². The van der Waals surface area contributed by atoms with E-state index in [-0.39, 0.29) is 5.56 Å². The van der Waals surface area contributed by atoms with Crippen LogP contribution in [0.2, 0.25) is 5.15 Å². The summed E-state index contributed by atoms with van der Waals surface area (Å²) in [5.74, 6) is 0.625. The molecule has 0 amide bonds. The topological polar surface area (TPSA) is 58.6 Å². The van der Waals surface area contributed by atoms with Gasteiger partial charge in [0.2, 0.25) is 0 Å². The monoisotopic (exact) mass is 291 g/mol. The van der Waals surface area contributed by atoms with Gasteiger partial charge in [-0.3, -0.25) is 4.79 Å². The third kappa shape index (κ3) is 2.05. The van der Waals surface area contributed by atoms with Crippen LogP contribution >= 0.6 is 22.9 Å². The van der Waals surface area contributed by atoms with E-state index >= 15 is 0 Å². The van der Waals surface area contributed by atoms with Gasteiger partial charge in [-0.25, -0.2) is 9.97 Å². The van der Waals surface area contributed by atoms with Crippen LogP contribution in [0.25, 0.3) is 20.7 Å². The number of halogens is 1. The Morgan fingerprint density at radius 1 is 1.32 bits per heavy atom. The predicted octanol–water partition coefficient (Wildman–Crippen LogP) is 3.32. The van der Waals surface area contributed by atoms with Crippen molar-refractivity contribution in [2.75, 3.05) is 0 Å². The molecular formula is C13H10ClN3OS. The Morgan fingerprint density at radius 3 is 2.79 bits per heavy atom. The van der Waals surface area contributed by atoms with E-state index in [1.807, 2.05) is 13.0 Å². The van der Waals surface area contributed by atoms with Gasteiger partial charge in [-0.15, -0.1) is 11.3 Å². The highest BCUT2D eigenvalue weighted by Crippen LogP contribution is 2.35. The first kappa shape index (κ1) is 12.3. The average molecular weight is 292 g/mol. The van der Waals surface area contributed by atoms with Crippen LogP contribution in [0.4, 0.5) is 0 Å². The van der Waals surface area contributed by atoms with E-state index in [0.29, 0.717) is 16.4 Å². The van der Waals surface area contributed by atoms with Crippen molar-refractivity contribution in [1.29, 1.82) is 0 Å². The highest BCUT2D eigenvalue weighted by atomic mass is 35.5. The second kappa shape index (κ2) is 4.43. The molecule has 1 N–H and O–H groups in total. The molecule has 3 aromatic heterocycles. The first-order chi connectivity index (χ1) is 9.06. The summed E-state index contributed by atoms with van der Waals surface area (Å²) in [6.45, 7) is 3.70. The van der Waals surface area contributed by atoms with Crippen molar-refractivity contribution < 1.29 is 0 Å². The van der Waals surface area contributed by atoms with Crippen molar-refractivity contribution in [2.45, 2.75) is 13.8 Å². The number of hydrogen-bond donors (Lipinski definition) is 1. The molecule has 3 aromatic rings. The van der Waals surface area contributed by atoms with Crippen LogP contribution in [0.5, 0.6) is 0 Å². The molecule has 0 spiro atoms. The lowest BCUT2D eigenvalue weighted by Crippen LogP contribution is -2.08. The lowest BCUT2D eigenvalue weighted by Gasteiger charge is -1.98. The quantitative estimate of drug-likeness (QED) is 0.700. The fraction of sp³-hybridized carbons (Fsp3) is 0.154. The molecule has 0 atom stereocenters. The Labute approximate surface area is 118 Å². The lowest BCUT2D eigenvalue weighted by molar-refractivity contribution is 1.06. The Hall–Kier alpha value is -1.72. The molecule has 0 fully saturated rings. The number of H-pyrrole nitrogens is 1. The van der Waals surface area contributed by atoms with Crippen molar-refractivity contribution in [3.8, 4) is 10.4 Å². The molecule has 0 aliphatic heterocycles. The molecule has 96 valence electrons. The van der Waals surface area contributed by atoms with Crippen LogP contribution in [-0.2, 0) is 0 Å². The van der Waals surface area contributed by atoms with Crippen molar-refractivity contribution in [2.24, 2.45) is 0 Å². The van der Waals surface area contributed by atoms with Crippen LogP contribution < -0.4 is 5.56 Å². The first-order valence-corrected chi connectivity index (χ1v) is 6.87. The second-order valence-corrected chi connectivity index (χ2v) is 5.64. The molecule has 0 aromatic carbocycles. The fourth-order valence-electron chi connectivity index (χ4n) is 2.04.